The highest BCUT2D eigenvalue weighted by Crippen LogP contribution is 2.18. The summed E-state index contributed by atoms with van der Waals surface area (Å²) < 4.78 is 0. The third-order valence-corrected chi connectivity index (χ3v) is 4.36. The molecule has 2 nitrogen and oxygen atoms in total. The third kappa shape index (κ3) is 6.00. The number of nitrogens with one attached hydrogen (secondary N) is 1. The average Bonchev–Trinajstić information content (AvgIpc) is 2.86. The molecule has 0 unspecified atom stereocenters. The third-order valence-electron chi connectivity index (χ3n) is 3.29. The molecular formula is C18H26N2S. The van der Waals surface area contributed by atoms with Crippen molar-refractivity contribution in [2.24, 2.45) is 5.92 Å². The summed E-state index contributed by atoms with van der Waals surface area (Å²) in [5, 5.41) is 3.50. The van der Waals surface area contributed by atoms with E-state index >= 15 is 0 Å². The zero-order valence-corrected chi connectivity index (χ0v) is 14.1. The van der Waals surface area contributed by atoms with E-state index in [9.17, 15) is 0 Å². The molecule has 1 N–H and O–H groups in total. The van der Waals surface area contributed by atoms with Gasteiger partial charge in [-0.3, -0.25) is 4.90 Å². The molecule has 1 heterocycles. The van der Waals surface area contributed by atoms with E-state index in [0.717, 1.165) is 26.2 Å². The van der Waals surface area contributed by atoms with Gasteiger partial charge in [0.15, 0.2) is 0 Å². The number of rotatable bonds is 8. The largest absolute Gasteiger partial charge is 0.312 e. The van der Waals surface area contributed by atoms with Crippen LogP contribution >= 0.6 is 11.3 Å². The number of benzene rings is 1. The molecule has 0 saturated carbocycles. The van der Waals surface area contributed by atoms with Gasteiger partial charge in [0.05, 0.1) is 0 Å². The van der Waals surface area contributed by atoms with Gasteiger partial charge in [0.25, 0.3) is 0 Å². The minimum Gasteiger partial charge on any atom is -0.312 e. The SMILES string of the molecule is CC(C)CNCc1ccc(CN(C)Cc2ccccc2)s1. The van der Waals surface area contributed by atoms with Crippen molar-refractivity contribution in [2.75, 3.05) is 13.6 Å². The molecule has 2 rings (SSSR count). The Bertz CT molecular complexity index is 519. The van der Waals surface area contributed by atoms with Crippen molar-refractivity contribution >= 4 is 11.3 Å². The topological polar surface area (TPSA) is 15.3 Å². The van der Waals surface area contributed by atoms with E-state index in [1.54, 1.807) is 0 Å². The fourth-order valence-corrected chi connectivity index (χ4v) is 3.37. The second-order valence-corrected chi connectivity index (χ2v) is 7.30. The van der Waals surface area contributed by atoms with Crippen molar-refractivity contribution in [3.8, 4) is 0 Å². The lowest BCUT2D eigenvalue weighted by atomic mass is 10.2. The van der Waals surface area contributed by atoms with Crippen molar-refractivity contribution < 1.29 is 0 Å². The predicted molar refractivity (Wildman–Crippen MR) is 92.5 cm³/mol. The molecule has 0 atom stereocenters. The number of nitrogens with zero attached hydrogens (tertiary/aromatic N) is 1. The average molecular weight is 302 g/mol. The van der Waals surface area contributed by atoms with E-state index in [1.807, 2.05) is 11.3 Å². The lowest BCUT2D eigenvalue weighted by molar-refractivity contribution is 0.322. The molecule has 21 heavy (non-hydrogen) atoms. The lowest BCUT2D eigenvalue weighted by Gasteiger charge is -2.15. The Hall–Kier alpha value is -1.16. The van der Waals surface area contributed by atoms with Gasteiger partial charge in [-0.25, -0.2) is 0 Å². The molecule has 0 aliphatic carbocycles. The molecule has 0 aliphatic heterocycles. The lowest BCUT2D eigenvalue weighted by Crippen LogP contribution is -2.18. The number of hydrogen-bond acceptors (Lipinski definition) is 3. The van der Waals surface area contributed by atoms with Crippen LogP contribution in [0, 0.1) is 5.92 Å². The molecule has 0 saturated heterocycles. The normalized spacial score (nSPS) is 11.5. The van der Waals surface area contributed by atoms with Crippen molar-refractivity contribution in [3.63, 3.8) is 0 Å². The Morgan fingerprint density at radius 3 is 2.43 bits per heavy atom. The van der Waals surface area contributed by atoms with Crippen LogP contribution in [0.4, 0.5) is 0 Å². The van der Waals surface area contributed by atoms with Gasteiger partial charge in [-0.2, -0.15) is 0 Å². The Morgan fingerprint density at radius 2 is 1.71 bits per heavy atom. The van der Waals surface area contributed by atoms with Gasteiger partial charge < -0.3 is 5.32 Å². The first-order chi connectivity index (χ1) is 10.1. The van der Waals surface area contributed by atoms with Gasteiger partial charge in [-0.05, 0) is 37.2 Å². The Kier molecular flexibility index (Phi) is 6.43. The first-order valence-electron chi connectivity index (χ1n) is 7.64. The van der Waals surface area contributed by atoms with Crippen LogP contribution in [0.5, 0.6) is 0 Å². The van der Waals surface area contributed by atoms with E-state index in [-0.39, 0.29) is 0 Å². The number of hydrogen-bond donors (Lipinski definition) is 1. The maximum absolute atomic E-state index is 3.50. The standard InChI is InChI=1S/C18H26N2S/c1-15(2)11-19-12-17-9-10-18(21-17)14-20(3)13-16-7-5-4-6-8-16/h4-10,15,19H,11-14H2,1-3H3. The van der Waals surface area contributed by atoms with E-state index in [4.69, 9.17) is 0 Å². The fraction of sp³-hybridized carbons (Fsp3) is 0.444. The van der Waals surface area contributed by atoms with Gasteiger partial charge in [0.2, 0.25) is 0 Å². The molecule has 0 fully saturated rings. The zero-order chi connectivity index (χ0) is 15.1. The van der Waals surface area contributed by atoms with E-state index < -0.39 is 0 Å². The predicted octanol–water partition coefficient (Wildman–Crippen LogP) is 4.13. The molecular weight excluding hydrogens is 276 g/mol. The summed E-state index contributed by atoms with van der Waals surface area (Å²) in [6, 6.07) is 15.2. The highest BCUT2D eigenvalue weighted by molar-refractivity contribution is 7.11. The summed E-state index contributed by atoms with van der Waals surface area (Å²) in [5.74, 6) is 0.710. The molecule has 3 heteroatoms. The van der Waals surface area contributed by atoms with Crippen LogP contribution in [0.25, 0.3) is 0 Å². The van der Waals surface area contributed by atoms with E-state index in [0.29, 0.717) is 5.92 Å². The van der Waals surface area contributed by atoms with Gasteiger partial charge in [-0.1, -0.05) is 44.2 Å². The second kappa shape index (κ2) is 8.32. The van der Waals surface area contributed by atoms with Gasteiger partial charge in [0.1, 0.15) is 0 Å². The summed E-state index contributed by atoms with van der Waals surface area (Å²) in [7, 11) is 2.18. The number of thiophene rings is 1. The highest BCUT2D eigenvalue weighted by Gasteiger charge is 2.05. The molecule has 0 aliphatic rings. The maximum atomic E-state index is 3.50. The van der Waals surface area contributed by atoms with Crippen LogP contribution in [0.15, 0.2) is 42.5 Å². The van der Waals surface area contributed by atoms with E-state index in [2.05, 4.69) is 73.6 Å². The maximum Gasteiger partial charge on any atom is 0.0328 e. The fourth-order valence-electron chi connectivity index (χ4n) is 2.30. The first kappa shape index (κ1) is 16.2. The van der Waals surface area contributed by atoms with Gasteiger partial charge in [-0.15, -0.1) is 11.3 Å². The van der Waals surface area contributed by atoms with Crippen LogP contribution in [0.3, 0.4) is 0 Å². The summed E-state index contributed by atoms with van der Waals surface area (Å²) in [5.41, 5.74) is 1.37. The molecule has 0 bridgehead atoms. The minimum absolute atomic E-state index is 0.710. The molecule has 0 radical (unpaired) electrons. The summed E-state index contributed by atoms with van der Waals surface area (Å²) >= 11 is 1.92. The van der Waals surface area contributed by atoms with Crippen LogP contribution < -0.4 is 5.32 Å². The monoisotopic (exact) mass is 302 g/mol. The minimum atomic E-state index is 0.710. The highest BCUT2D eigenvalue weighted by atomic mass is 32.1. The van der Waals surface area contributed by atoms with Crippen molar-refractivity contribution in [3.05, 3.63) is 57.8 Å². The van der Waals surface area contributed by atoms with Gasteiger partial charge in [0, 0.05) is 29.4 Å². The molecule has 114 valence electrons. The second-order valence-electron chi connectivity index (χ2n) is 6.05. The van der Waals surface area contributed by atoms with Crippen molar-refractivity contribution in [1.29, 1.82) is 0 Å². The summed E-state index contributed by atoms with van der Waals surface area (Å²) in [6.07, 6.45) is 0. The molecule has 2 aromatic rings. The van der Waals surface area contributed by atoms with Crippen LogP contribution in [-0.4, -0.2) is 18.5 Å². The summed E-state index contributed by atoms with van der Waals surface area (Å²) in [6.45, 7) is 8.58. The van der Waals surface area contributed by atoms with Crippen molar-refractivity contribution in [2.45, 2.75) is 33.5 Å². The molecule has 1 aromatic heterocycles. The summed E-state index contributed by atoms with van der Waals surface area (Å²) in [4.78, 5) is 5.24. The first-order valence-corrected chi connectivity index (χ1v) is 8.46. The van der Waals surface area contributed by atoms with Gasteiger partial charge >= 0.3 is 0 Å². The quantitative estimate of drug-likeness (QED) is 0.789. The smallest absolute Gasteiger partial charge is 0.0328 e. The Morgan fingerprint density at radius 1 is 1.00 bits per heavy atom. The molecule has 1 aromatic carbocycles. The van der Waals surface area contributed by atoms with Crippen molar-refractivity contribution in [1.82, 2.24) is 10.2 Å². The van der Waals surface area contributed by atoms with Crippen LogP contribution in [-0.2, 0) is 19.6 Å². The zero-order valence-electron chi connectivity index (χ0n) is 13.3. The molecule has 0 amide bonds. The van der Waals surface area contributed by atoms with E-state index in [1.165, 1.54) is 15.3 Å². The van der Waals surface area contributed by atoms with Crippen LogP contribution in [0.2, 0.25) is 0 Å². The van der Waals surface area contributed by atoms with Crippen LogP contribution in [0.1, 0.15) is 29.2 Å². The Labute approximate surface area is 132 Å². The Balaban J connectivity index is 1.79. The molecule has 0 spiro atoms.